The van der Waals surface area contributed by atoms with E-state index in [2.05, 4.69) is 5.32 Å². The monoisotopic (exact) mass is 241 g/mol. The highest BCUT2D eigenvalue weighted by atomic mass is 35.5. The minimum Gasteiger partial charge on any atom is -0.508 e. The van der Waals surface area contributed by atoms with Crippen LogP contribution in [0, 0.1) is 0 Å². The molecule has 0 spiro atoms. The van der Waals surface area contributed by atoms with Crippen LogP contribution in [0.25, 0.3) is 0 Å². The van der Waals surface area contributed by atoms with Crippen LogP contribution in [-0.4, -0.2) is 16.6 Å². The number of amides is 1. The Labute approximate surface area is 100 Å². The van der Waals surface area contributed by atoms with Gasteiger partial charge in [-0.25, -0.2) is 0 Å². The molecule has 0 fully saturated rings. The minimum absolute atomic E-state index is 0.0313. The second-order valence-corrected chi connectivity index (χ2v) is 4.76. The van der Waals surface area contributed by atoms with Crippen molar-refractivity contribution in [2.75, 3.05) is 0 Å². The molecule has 0 aliphatic rings. The summed E-state index contributed by atoms with van der Waals surface area (Å²) in [5, 5.41) is 12.5. The Morgan fingerprint density at radius 3 is 2.69 bits per heavy atom. The van der Waals surface area contributed by atoms with Crippen LogP contribution >= 0.6 is 11.6 Å². The van der Waals surface area contributed by atoms with Gasteiger partial charge in [0.1, 0.15) is 5.75 Å². The summed E-state index contributed by atoms with van der Waals surface area (Å²) in [5.74, 6) is -0.239. The van der Waals surface area contributed by atoms with Crippen LogP contribution in [0.15, 0.2) is 18.2 Å². The number of nitrogens with one attached hydrogen (secondary N) is 1. The van der Waals surface area contributed by atoms with Crippen molar-refractivity contribution < 1.29 is 9.90 Å². The van der Waals surface area contributed by atoms with Gasteiger partial charge >= 0.3 is 0 Å². The molecular formula is C12H16ClNO2. The van der Waals surface area contributed by atoms with Gasteiger partial charge in [0.05, 0.1) is 10.6 Å². The first kappa shape index (κ1) is 12.8. The molecule has 3 nitrogen and oxygen atoms in total. The zero-order valence-electron chi connectivity index (χ0n) is 9.67. The molecule has 0 saturated heterocycles. The molecule has 0 unspecified atom stereocenters. The van der Waals surface area contributed by atoms with Crippen LogP contribution in [0.3, 0.4) is 0 Å². The smallest absolute Gasteiger partial charge is 0.253 e. The summed E-state index contributed by atoms with van der Waals surface area (Å²) in [6.45, 7) is 5.85. The number of carbonyl (C=O) groups excluding carboxylic acids is 1. The van der Waals surface area contributed by atoms with Crippen LogP contribution in [0.4, 0.5) is 0 Å². The largest absolute Gasteiger partial charge is 0.508 e. The number of rotatable bonds is 3. The van der Waals surface area contributed by atoms with E-state index in [1.54, 1.807) is 0 Å². The molecule has 0 aliphatic carbocycles. The van der Waals surface area contributed by atoms with E-state index in [9.17, 15) is 9.90 Å². The number of phenolic OH excluding ortho intramolecular Hbond substituents is 1. The van der Waals surface area contributed by atoms with Gasteiger partial charge in [-0.15, -0.1) is 0 Å². The van der Waals surface area contributed by atoms with Crippen molar-refractivity contribution in [1.29, 1.82) is 0 Å². The molecule has 0 bridgehead atoms. The maximum absolute atomic E-state index is 11.9. The summed E-state index contributed by atoms with van der Waals surface area (Å²) >= 11 is 5.89. The summed E-state index contributed by atoms with van der Waals surface area (Å²) in [6, 6.07) is 4.32. The minimum atomic E-state index is -0.286. The Morgan fingerprint density at radius 1 is 1.50 bits per heavy atom. The molecule has 0 saturated carbocycles. The Kier molecular flexibility index (Phi) is 3.81. The third-order valence-corrected chi connectivity index (χ3v) is 2.86. The summed E-state index contributed by atoms with van der Waals surface area (Å²) < 4.78 is 0. The van der Waals surface area contributed by atoms with Crippen LogP contribution in [-0.2, 0) is 0 Å². The van der Waals surface area contributed by atoms with E-state index in [0.717, 1.165) is 6.42 Å². The van der Waals surface area contributed by atoms with Gasteiger partial charge < -0.3 is 10.4 Å². The molecule has 0 heterocycles. The lowest BCUT2D eigenvalue weighted by Gasteiger charge is -2.24. The first-order valence-corrected chi connectivity index (χ1v) is 5.54. The predicted molar refractivity (Wildman–Crippen MR) is 65.0 cm³/mol. The van der Waals surface area contributed by atoms with Gasteiger partial charge in [-0.05, 0) is 38.5 Å². The molecule has 1 amide bonds. The highest BCUT2D eigenvalue weighted by molar-refractivity contribution is 6.33. The van der Waals surface area contributed by atoms with E-state index in [4.69, 9.17) is 11.6 Å². The van der Waals surface area contributed by atoms with E-state index in [1.165, 1.54) is 18.2 Å². The highest BCUT2D eigenvalue weighted by Crippen LogP contribution is 2.22. The van der Waals surface area contributed by atoms with Gasteiger partial charge in [0.15, 0.2) is 0 Å². The van der Waals surface area contributed by atoms with Gasteiger partial charge in [0, 0.05) is 5.54 Å². The normalized spacial score (nSPS) is 11.2. The molecular weight excluding hydrogens is 226 g/mol. The predicted octanol–water partition coefficient (Wildman–Crippen LogP) is 2.96. The standard InChI is InChI=1S/C12H16ClNO2/c1-4-12(2,3)14-11(16)9-7-8(15)5-6-10(9)13/h5-7,15H,4H2,1-3H3,(H,14,16). The molecule has 88 valence electrons. The lowest BCUT2D eigenvalue weighted by atomic mass is 10.0. The Bertz CT molecular complexity index is 402. The molecule has 16 heavy (non-hydrogen) atoms. The average Bonchev–Trinajstić information content (AvgIpc) is 2.21. The quantitative estimate of drug-likeness (QED) is 0.855. The molecule has 4 heteroatoms. The number of carbonyl (C=O) groups is 1. The fraction of sp³-hybridized carbons (Fsp3) is 0.417. The van der Waals surface area contributed by atoms with Gasteiger partial charge in [0.25, 0.3) is 5.91 Å². The topological polar surface area (TPSA) is 49.3 Å². The van der Waals surface area contributed by atoms with E-state index >= 15 is 0 Å². The maximum atomic E-state index is 11.9. The summed E-state index contributed by atoms with van der Waals surface area (Å²) in [4.78, 5) is 11.9. The van der Waals surface area contributed by atoms with Crippen molar-refractivity contribution >= 4 is 17.5 Å². The Morgan fingerprint density at radius 2 is 2.12 bits per heavy atom. The number of benzene rings is 1. The van der Waals surface area contributed by atoms with Crippen LogP contribution in [0.5, 0.6) is 5.75 Å². The zero-order chi connectivity index (χ0) is 12.3. The Hall–Kier alpha value is -1.22. The summed E-state index contributed by atoms with van der Waals surface area (Å²) in [5.41, 5.74) is 0.00878. The lowest BCUT2D eigenvalue weighted by molar-refractivity contribution is 0.0911. The molecule has 0 atom stereocenters. The van der Waals surface area contributed by atoms with Crippen LogP contribution in [0.1, 0.15) is 37.6 Å². The van der Waals surface area contributed by atoms with Gasteiger partial charge in [0.2, 0.25) is 0 Å². The molecule has 0 radical (unpaired) electrons. The molecule has 0 aliphatic heterocycles. The zero-order valence-corrected chi connectivity index (χ0v) is 10.4. The number of hydrogen-bond donors (Lipinski definition) is 2. The highest BCUT2D eigenvalue weighted by Gasteiger charge is 2.20. The van der Waals surface area contributed by atoms with Crippen molar-refractivity contribution in [1.82, 2.24) is 5.32 Å². The summed E-state index contributed by atoms with van der Waals surface area (Å²) in [7, 11) is 0. The SMILES string of the molecule is CCC(C)(C)NC(=O)c1cc(O)ccc1Cl. The van der Waals surface area contributed by atoms with Crippen molar-refractivity contribution in [3.63, 3.8) is 0 Å². The second-order valence-electron chi connectivity index (χ2n) is 4.36. The van der Waals surface area contributed by atoms with E-state index in [0.29, 0.717) is 10.6 Å². The second kappa shape index (κ2) is 4.74. The van der Waals surface area contributed by atoms with E-state index in [-0.39, 0.29) is 17.2 Å². The molecule has 2 N–H and O–H groups in total. The third kappa shape index (κ3) is 3.14. The van der Waals surface area contributed by atoms with Crippen molar-refractivity contribution in [3.8, 4) is 5.75 Å². The molecule has 1 aromatic rings. The molecule has 1 rings (SSSR count). The first-order chi connectivity index (χ1) is 7.35. The van der Waals surface area contributed by atoms with Crippen molar-refractivity contribution in [2.45, 2.75) is 32.7 Å². The fourth-order valence-corrected chi connectivity index (χ4v) is 1.35. The fourth-order valence-electron chi connectivity index (χ4n) is 1.15. The van der Waals surface area contributed by atoms with E-state index < -0.39 is 0 Å². The van der Waals surface area contributed by atoms with Gasteiger partial charge in [-0.2, -0.15) is 0 Å². The summed E-state index contributed by atoms with van der Waals surface area (Å²) in [6.07, 6.45) is 0.815. The van der Waals surface area contributed by atoms with Gasteiger partial charge in [-0.1, -0.05) is 18.5 Å². The van der Waals surface area contributed by atoms with Crippen molar-refractivity contribution in [2.24, 2.45) is 0 Å². The van der Waals surface area contributed by atoms with Gasteiger partial charge in [-0.3, -0.25) is 4.79 Å². The third-order valence-electron chi connectivity index (χ3n) is 2.53. The van der Waals surface area contributed by atoms with Crippen LogP contribution < -0.4 is 5.32 Å². The molecule has 0 aromatic heterocycles. The lowest BCUT2D eigenvalue weighted by Crippen LogP contribution is -2.42. The Balaban J connectivity index is 2.93. The van der Waals surface area contributed by atoms with E-state index in [1.807, 2.05) is 20.8 Å². The first-order valence-electron chi connectivity index (χ1n) is 5.17. The van der Waals surface area contributed by atoms with Crippen LogP contribution in [0.2, 0.25) is 5.02 Å². The number of phenols is 1. The maximum Gasteiger partial charge on any atom is 0.253 e. The number of hydrogen-bond acceptors (Lipinski definition) is 2. The molecule has 1 aromatic carbocycles. The van der Waals surface area contributed by atoms with Crippen molar-refractivity contribution in [3.05, 3.63) is 28.8 Å². The average molecular weight is 242 g/mol. The number of halogens is 1. The number of aromatic hydroxyl groups is 1.